The molecule has 0 amide bonds. The SMILES string of the molecule is CCN(CC)c1ccc(C=CC2CC(C=C(Cc3ccccc3)c3ccc(N(CC)CC)cc3)=NN2c2cc(C)c3ccccc3n2)cc1. The van der Waals surface area contributed by atoms with E-state index < -0.39 is 0 Å². The molecule has 1 aliphatic rings. The van der Waals surface area contributed by atoms with E-state index in [4.69, 9.17) is 10.1 Å². The highest BCUT2D eigenvalue weighted by Crippen LogP contribution is 2.31. The molecule has 0 aliphatic carbocycles. The monoisotopic (exact) mass is 647 g/mol. The average molecular weight is 648 g/mol. The lowest BCUT2D eigenvalue weighted by atomic mass is 9.95. The van der Waals surface area contributed by atoms with Gasteiger partial charge in [-0.1, -0.05) is 84.9 Å². The first-order valence-corrected chi connectivity index (χ1v) is 17.9. The number of aromatic nitrogens is 1. The van der Waals surface area contributed by atoms with Crippen LogP contribution in [-0.2, 0) is 6.42 Å². The van der Waals surface area contributed by atoms with Crippen LogP contribution in [0.5, 0.6) is 0 Å². The van der Waals surface area contributed by atoms with E-state index in [0.29, 0.717) is 0 Å². The fourth-order valence-electron chi connectivity index (χ4n) is 6.80. The number of nitrogens with zero attached hydrogens (tertiary/aromatic N) is 5. The molecule has 0 N–H and O–H groups in total. The molecule has 5 aromatic rings. The van der Waals surface area contributed by atoms with Gasteiger partial charge in [-0.2, -0.15) is 5.10 Å². The van der Waals surface area contributed by atoms with Crippen LogP contribution in [0.15, 0.2) is 126 Å². The fraction of sp³-hybridized carbons (Fsp3) is 0.273. The van der Waals surface area contributed by atoms with Gasteiger partial charge in [0.2, 0.25) is 0 Å². The third-order valence-corrected chi connectivity index (χ3v) is 9.59. The maximum absolute atomic E-state index is 5.28. The van der Waals surface area contributed by atoms with E-state index >= 15 is 0 Å². The van der Waals surface area contributed by atoms with Gasteiger partial charge in [0, 0.05) is 49.4 Å². The molecule has 0 fully saturated rings. The van der Waals surface area contributed by atoms with Crippen LogP contribution in [0.3, 0.4) is 0 Å². The van der Waals surface area contributed by atoms with Gasteiger partial charge in [0.1, 0.15) is 5.82 Å². The summed E-state index contributed by atoms with van der Waals surface area (Å²) in [5.41, 5.74) is 10.7. The Balaban J connectivity index is 1.37. The van der Waals surface area contributed by atoms with Crippen molar-refractivity contribution in [2.24, 2.45) is 5.10 Å². The highest BCUT2D eigenvalue weighted by atomic mass is 15.5. The van der Waals surface area contributed by atoms with Crippen LogP contribution in [-0.4, -0.2) is 42.9 Å². The molecule has 250 valence electrons. The van der Waals surface area contributed by atoms with Crippen molar-refractivity contribution in [2.75, 3.05) is 41.0 Å². The van der Waals surface area contributed by atoms with Crippen molar-refractivity contribution in [1.29, 1.82) is 0 Å². The minimum atomic E-state index is 0.0322. The summed E-state index contributed by atoms with van der Waals surface area (Å²) in [6, 6.07) is 39.2. The molecule has 1 unspecified atom stereocenters. The van der Waals surface area contributed by atoms with Crippen molar-refractivity contribution in [2.45, 2.75) is 53.5 Å². The van der Waals surface area contributed by atoms with E-state index in [-0.39, 0.29) is 6.04 Å². The van der Waals surface area contributed by atoms with Crippen LogP contribution < -0.4 is 14.8 Å². The summed E-state index contributed by atoms with van der Waals surface area (Å²) in [7, 11) is 0. The zero-order valence-electron chi connectivity index (χ0n) is 29.7. The highest BCUT2D eigenvalue weighted by Gasteiger charge is 2.27. The topological polar surface area (TPSA) is 35.0 Å². The van der Waals surface area contributed by atoms with Gasteiger partial charge in [-0.3, -0.25) is 0 Å². The molecule has 0 spiro atoms. The Morgan fingerprint density at radius 1 is 0.755 bits per heavy atom. The number of allylic oxidation sites excluding steroid dienone is 2. The van der Waals surface area contributed by atoms with Gasteiger partial charge in [0.25, 0.3) is 0 Å². The van der Waals surface area contributed by atoms with Gasteiger partial charge in [0.05, 0.1) is 17.3 Å². The number of para-hydroxylation sites is 1. The van der Waals surface area contributed by atoms with Crippen molar-refractivity contribution in [1.82, 2.24) is 4.98 Å². The summed E-state index contributed by atoms with van der Waals surface area (Å²) in [5.74, 6) is 0.874. The highest BCUT2D eigenvalue weighted by molar-refractivity contribution is 6.04. The minimum absolute atomic E-state index is 0.0322. The van der Waals surface area contributed by atoms with Gasteiger partial charge in [-0.15, -0.1) is 0 Å². The number of hydrogen-bond donors (Lipinski definition) is 0. The van der Waals surface area contributed by atoms with Crippen LogP contribution >= 0.6 is 0 Å². The Morgan fingerprint density at radius 3 is 2.02 bits per heavy atom. The second kappa shape index (κ2) is 15.8. The first-order valence-electron chi connectivity index (χ1n) is 17.9. The second-order valence-electron chi connectivity index (χ2n) is 12.7. The normalized spacial score (nSPS) is 14.9. The third-order valence-electron chi connectivity index (χ3n) is 9.59. The molecule has 5 nitrogen and oxygen atoms in total. The van der Waals surface area contributed by atoms with Gasteiger partial charge in [-0.25, -0.2) is 9.99 Å². The number of hydrazone groups is 1. The van der Waals surface area contributed by atoms with E-state index in [2.05, 4.69) is 177 Å². The molecule has 0 saturated carbocycles. The molecule has 2 heterocycles. The predicted molar refractivity (Wildman–Crippen MR) is 212 cm³/mol. The molecule has 5 heteroatoms. The Hall–Kier alpha value is -5.16. The largest absolute Gasteiger partial charge is 0.372 e. The number of aryl methyl sites for hydroxylation is 1. The fourth-order valence-corrected chi connectivity index (χ4v) is 6.80. The third kappa shape index (κ3) is 7.94. The molecule has 1 atom stereocenters. The van der Waals surface area contributed by atoms with Crippen LogP contribution in [0.25, 0.3) is 22.6 Å². The maximum atomic E-state index is 5.28. The van der Waals surface area contributed by atoms with Crippen molar-refractivity contribution >= 4 is 45.5 Å². The van der Waals surface area contributed by atoms with Gasteiger partial charge >= 0.3 is 0 Å². The van der Waals surface area contributed by atoms with E-state index in [1.165, 1.54) is 44.6 Å². The molecule has 0 bridgehead atoms. The smallest absolute Gasteiger partial charge is 0.150 e. The zero-order chi connectivity index (χ0) is 34.2. The van der Waals surface area contributed by atoms with Crippen molar-refractivity contribution in [3.05, 3.63) is 144 Å². The van der Waals surface area contributed by atoms with Crippen molar-refractivity contribution in [3.63, 3.8) is 0 Å². The van der Waals surface area contributed by atoms with Gasteiger partial charge < -0.3 is 9.80 Å². The summed E-state index contributed by atoms with van der Waals surface area (Å²) < 4.78 is 0. The van der Waals surface area contributed by atoms with E-state index in [1.54, 1.807) is 0 Å². The number of hydrogen-bond acceptors (Lipinski definition) is 5. The molecule has 1 aliphatic heterocycles. The number of anilines is 3. The Labute approximate surface area is 292 Å². The van der Waals surface area contributed by atoms with E-state index in [9.17, 15) is 0 Å². The summed E-state index contributed by atoms with van der Waals surface area (Å²) in [6.45, 7) is 15.0. The maximum Gasteiger partial charge on any atom is 0.150 e. The quantitative estimate of drug-likeness (QED) is 0.127. The Kier molecular flexibility index (Phi) is 10.9. The van der Waals surface area contributed by atoms with Crippen LogP contribution in [0.1, 0.15) is 56.4 Å². The zero-order valence-corrected chi connectivity index (χ0v) is 29.7. The lowest BCUT2D eigenvalue weighted by Crippen LogP contribution is -2.25. The molecule has 6 rings (SSSR count). The molecule has 0 saturated heterocycles. The molecular weight excluding hydrogens is 599 g/mol. The van der Waals surface area contributed by atoms with Crippen molar-refractivity contribution < 1.29 is 0 Å². The molecular formula is C44H49N5. The van der Waals surface area contributed by atoms with Crippen LogP contribution in [0.2, 0.25) is 0 Å². The Morgan fingerprint density at radius 2 is 1.37 bits per heavy atom. The molecule has 4 aromatic carbocycles. The number of fused-ring (bicyclic) bond motifs is 1. The van der Waals surface area contributed by atoms with Crippen LogP contribution in [0.4, 0.5) is 17.2 Å². The standard InChI is InChI=1S/C44H49N5/c1-6-47(7-2)39-24-19-34(20-25-39)21-26-41-32-38(46-49(41)44-29-33(5)42-17-13-14-18-43(42)45-44)31-37(30-35-15-11-10-12-16-35)36-22-27-40(28-23-36)48(8-3)9-4/h10-29,31,41H,6-9,30,32H2,1-5H3. The lowest BCUT2D eigenvalue weighted by Gasteiger charge is -2.21. The number of rotatable bonds is 13. The van der Waals surface area contributed by atoms with E-state index in [0.717, 1.165) is 56.1 Å². The molecule has 49 heavy (non-hydrogen) atoms. The summed E-state index contributed by atoms with van der Waals surface area (Å²) in [4.78, 5) is 9.87. The summed E-state index contributed by atoms with van der Waals surface area (Å²) in [5, 5.41) is 8.58. The van der Waals surface area contributed by atoms with Crippen LogP contribution in [0, 0.1) is 6.92 Å². The summed E-state index contributed by atoms with van der Waals surface area (Å²) in [6.07, 6.45) is 8.46. The van der Waals surface area contributed by atoms with Gasteiger partial charge in [-0.05, 0) is 111 Å². The molecule has 0 radical (unpaired) electrons. The lowest BCUT2D eigenvalue weighted by molar-refractivity contribution is 0.778. The second-order valence-corrected chi connectivity index (χ2v) is 12.7. The Bertz CT molecular complexity index is 1910. The number of benzene rings is 4. The predicted octanol–water partition coefficient (Wildman–Crippen LogP) is 10.2. The summed E-state index contributed by atoms with van der Waals surface area (Å²) >= 11 is 0. The van der Waals surface area contributed by atoms with Crippen molar-refractivity contribution in [3.8, 4) is 0 Å². The van der Waals surface area contributed by atoms with E-state index in [1.807, 2.05) is 0 Å². The minimum Gasteiger partial charge on any atom is -0.372 e. The van der Waals surface area contributed by atoms with Gasteiger partial charge in [0.15, 0.2) is 0 Å². The average Bonchev–Trinajstić information content (AvgIpc) is 3.55. The first kappa shape index (κ1) is 33.7. The number of pyridine rings is 1. The molecule has 1 aromatic heterocycles. The first-order chi connectivity index (χ1) is 24.0.